The monoisotopic (exact) mass is 284 g/mol. The van der Waals surface area contributed by atoms with E-state index < -0.39 is 23.5 Å². The van der Waals surface area contributed by atoms with Crippen LogP contribution >= 0.6 is 0 Å². The SMILES string of the molecule is C=C(C)C(=O)CCOC1(C(=O)O)CCCCC1C(=O)O. The molecule has 1 aliphatic carbocycles. The molecule has 1 fully saturated rings. The number of carbonyl (C=O) groups is 3. The molecule has 112 valence electrons. The van der Waals surface area contributed by atoms with Crippen molar-refractivity contribution in [3.63, 3.8) is 0 Å². The number of allylic oxidation sites excluding steroid dienone is 1. The van der Waals surface area contributed by atoms with Gasteiger partial charge in [-0.25, -0.2) is 4.79 Å². The maximum Gasteiger partial charge on any atom is 0.336 e. The Hall–Kier alpha value is -1.69. The highest BCUT2D eigenvalue weighted by molar-refractivity contribution is 5.94. The van der Waals surface area contributed by atoms with Gasteiger partial charge in [-0.1, -0.05) is 13.0 Å². The van der Waals surface area contributed by atoms with Gasteiger partial charge in [0.1, 0.15) is 0 Å². The molecule has 0 aliphatic heterocycles. The fraction of sp³-hybridized carbons (Fsp3) is 0.643. The van der Waals surface area contributed by atoms with Crippen molar-refractivity contribution in [2.45, 2.75) is 44.6 Å². The first-order valence-corrected chi connectivity index (χ1v) is 6.60. The van der Waals surface area contributed by atoms with Crippen LogP contribution in [-0.4, -0.2) is 40.1 Å². The number of Topliss-reactive ketones (excluding diaryl/α,β-unsaturated/α-hetero) is 1. The van der Waals surface area contributed by atoms with Gasteiger partial charge in [-0.3, -0.25) is 9.59 Å². The number of carboxylic acid groups (broad SMARTS) is 2. The van der Waals surface area contributed by atoms with Crippen molar-refractivity contribution in [1.82, 2.24) is 0 Å². The van der Waals surface area contributed by atoms with E-state index in [9.17, 15) is 24.6 Å². The third kappa shape index (κ3) is 3.45. The van der Waals surface area contributed by atoms with Gasteiger partial charge < -0.3 is 14.9 Å². The summed E-state index contributed by atoms with van der Waals surface area (Å²) < 4.78 is 5.38. The molecule has 1 aliphatic rings. The van der Waals surface area contributed by atoms with Crippen molar-refractivity contribution in [3.05, 3.63) is 12.2 Å². The molecule has 1 rings (SSSR count). The van der Waals surface area contributed by atoms with Crippen molar-refractivity contribution in [1.29, 1.82) is 0 Å². The van der Waals surface area contributed by atoms with E-state index >= 15 is 0 Å². The van der Waals surface area contributed by atoms with E-state index in [0.717, 1.165) is 0 Å². The summed E-state index contributed by atoms with van der Waals surface area (Å²) in [4.78, 5) is 34.2. The molecule has 2 unspecified atom stereocenters. The number of rotatable bonds is 7. The molecule has 0 amide bonds. The minimum absolute atomic E-state index is 0.0106. The zero-order valence-electron chi connectivity index (χ0n) is 11.6. The second-order valence-electron chi connectivity index (χ2n) is 5.13. The van der Waals surface area contributed by atoms with Crippen LogP contribution in [0.15, 0.2) is 12.2 Å². The summed E-state index contributed by atoms with van der Waals surface area (Å²) in [6, 6.07) is 0. The zero-order chi connectivity index (χ0) is 15.3. The standard InChI is InChI=1S/C14H20O6/c1-9(2)11(15)6-8-20-14(13(18)19)7-4-3-5-10(14)12(16)17/h10H,1,3-8H2,2H3,(H,16,17)(H,18,19). The maximum atomic E-state index is 11.5. The number of carbonyl (C=O) groups excluding carboxylic acids is 1. The lowest BCUT2D eigenvalue weighted by atomic mass is 9.75. The summed E-state index contributed by atoms with van der Waals surface area (Å²) in [5, 5.41) is 18.6. The molecule has 1 saturated carbocycles. The lowest BCUT2D eigenvalue weighted by Gasteiger charge is -2.38. The Morgan fingerprint density at radius 3 is 2.45 bits per heavy atom. The van der Waals surface area contributed by atoms with E-state index in [1.165, 1.54) is 0 Å². The lowest BCUT2D eigenvalue weighted by Crippen LogP contribution is -2.53. The Balaban J connectivity index is 2.80. The largest absolute Gasteiger partial charge is 0.481 e. The van der Waals surface area contributed by atoms with Crippen LogP contribution in [0, 0.1) is 5.92 Å². The van der Waals surface area contributed by atoms with E-state index in [0.29, 0.717) is 18.4 Å². The van der Waals surface area contributed by atoms with Crippen LogP contribution in [0.25, 0.3) is 0 Å². The van der Waals surface area contributed by atoms with Crippen LogP contribution in [0.2, 0.25) is 0 Å². The third-order valence-corrected chi connectivity index (χ3v) is 3.68. The van der Waals surface area contributed by atoms with Crippen LogP contribution < -0.4 is 0 Å². The molecule has 0 bridgehead atoms. The normalized spacial score (nSPS) is 25.9. The van der Waals surface area contributed by atoms with Gasteiger partial charge in [0.05, 0.1) is 12.5 Å². The molecule has 0 saturated heterocycles. The van der Waals surface area contributed by atoms with Gasteiger partial charge in [0.15, 0.2) is 11.4 Å². The summed E-state index contributed by atoms with van der Waals surface area (Å²) in [5.74, 6) is -3.73. The maximum absolute atomic E-state index is 11.5. The number of ether oxygens (including phenoxy) is 1. The first kappa shape index (κ1) is 16.4. The molecule has 6 heteroatoms. The Bertz CT molecular complexity index is 427. The molecule has 0 spiro atoms. The second kappa shape index (κ2) is 6.65. The van der Waals surface area contributed by atoms with E-state index in [1.807, 2.05) is 0 Å². The van der Waals surface area contributed by atoms with E-state index in [4.69, 9.17) is 4.74 Å². The van der Waals surface area contributed by atoms with Gasteiger partial charge >= 0.3 is 11.9 Å². The quantitative estimate of drug-likeness (QED) is 0.689. The van der Waals surface area contributed by atoms with Crippen molar-refractivity contribution < 1.29 is 29.3 Å². The Labute approximate surface area is 117 Å². The summed E-state index contributed by atoms with van der Waals surface area (Å²) in [5.41, 5.74) is -1.35. The van der Waals surface area contributed by atoms with E-state index in [1.54, 1.807) is 6.92 Å². The number of aliphatic carboxylic acids is 2. The highest BCUT2D eigenvalue weighted by Gasteiger charge is 2.52. The zero-order valence-corrected chi connectivity index (χ0v) is 11.6. The molecule has 0 aromatic carbocycles. The van der Waals surface area contributed by atoms with Crippen LogP contribution in [0.4, 0.5) is 0 Å². The number of hydrogen-bond donors (Lipinski definition) is 2. The number of carboxylic acids is 2. The average Bonchev–Trinajstić information content (AvgIpc) is 2.38. The molecular formula is C14H20O6. The predicted molar refractivity (Wildman–Crippen MR) is 70.4 cm³/mol. The Morgan fingerprint density at radius 2 is 1.95 bits per heavy atom. The first-order chi connectivity index (χ1) is 9.31. The van der Waals surface area contributed by atoms with Crippen molar-refractivity contribution in [3.8, 4) is 0 Å². The van der Waals surface area contributed by atoms with Crippen molar-refractivity contribution in [2.24, 2.45) is 5.92 Å². The Morgan fingerprint density at radius 1 is 1.30 bits per heavy atom. The van der Waals surface area contributed by atoms with Crippen LogP contribution in [0.3, 0.4) is 0 Å². The molecule has 2 atom stereocenters. The summed E-state index contributed by atoms with van der Waals surface area (Å²) in [6.07, 6.45) is 1.71. The van der Waals surface area contributed by atoms with Gasteiger partial charge in [0.25, 0.3) is 0 Å². The minimum atomic E-state index is -1.72. The molecule has 0 aromatic rings. The summed E-state index contributed by atoms with van der Waals surface area (Å²) in [7, 11) is 0. The molecule has 2 N–H and O–H groups in total. The molecule has 0 aromatic heterocycles. The first-order valence-electron chi connectivity index (χ1n) is 6.60. The summed E-state index contributed by atoms with van der Waals surface area (Å²) >= 11 is 0. The molecule has 20 heavy (non-hydrogen) atoms. The van der Waals surface area contributed by atoms with E-state index in [2.05, 4.69) is 6.58 Å². The number of hydrogen-bond acceptors (Lipinski definition) is 4. The van der Waals surface area contributed by atoms with Crippen LogP contribution in [0.5, 0.6) is 0 Å². The molecule has 0 heterocycles. The highest BCUT2D eigenvalue weighted by atomic mass is 16.5. The number of ketones is 1. The van der Waals surface area contributed by atoms with Crippen molar-refractivity contribution >= 4 is 17.7 Å². The predicted octanol–water partition coefficient (Wildman–Crippen LogP) is 1.64. The fourth-order valence-corrected chi connectivity index (χ4v) is 2.50. The van der Waals surface area contributed by atoms with Gasteiger partial charge in [-0.05, 0) is 31.8 Å². The molecule has 6 nitrogen and oxygen atoms in total. The fourth-order valence-electron chi connectivity index (χ4n) is 2.50. The van der Waals surface area contributed by atoms with Crippen LogP contribution in [-0.2, 0) is 19.1 Å². The van der Waals surface area contributed by atoms with E-state index in [-0.39, 0.29) is 31.7 Å². The minimum Gasteiger partial charge on any atom is -0.481 e. The van der Waals surface area contributed by atoms with Crippen LogP contribution in [0.1, 0.15) is 39.0 Å². The third-order valence-electron chi connectivity index (χ3n) is 3.68. The Kier molecular flexibility index (Phi) is 5.44. The van der Waals surface area contributed by atoms with Crippen molar-refractivity contribution in [2.75, 3.05) is 6.61 Å². The smallest absolute Gasteiger partial charge is 0.336 e. The lowest BCUT2D eigenvalue weighted by molar-refractivity contribution is -0.189. The van der Waals surface area contributed by atoms with Gasteiger partial charge in [-0.2, -0.15) is 0 Å². The molecule has 0 radical (unpaired) electrons. The average molecular weight is 284 g/mol. The molecular weight excluding hydrogens is 264 g/mol. The summed E-state index contributed by atoms with van der Waals surface area (Å²) in [6.45, 7) is 4.96. The highest BCUT2D eigenvalue weighted by Crippen LogP contribution is 2.37. The second-order valence-corrected chi connectivity index (χ2v) is 5.13. The van der Waals surface area contributed by atoms with Gasteiger partial charge in [0.2, 0.25) is 0 Å². The van der Waals surface area contributed by atoms with Gasteiger partial charge in [0, 0.05) is 6.42 Å². The van der Waals surface area contributed by atoms with Gasteiger partial charge in [-0.15, -0.1) is 0 Å². The topological polar surface area (TPSA) is 101 Å².